The van der Waals surface area contributed by atoms with Crippen LogP contribution in [0.15, 0.2) is 52.6 Å². The van der Waals surface area contributed by atoms with Gasteiger partial charge in [0.2, 0.25) is 0 Å². The molecule has 1 N–H and O–H groups in total. The first-order valence-electron chi connectivity index (χ1n) is 8.35. The Bertz CT molecular complexity index is 862. The van der Waals surface area contributed by atoms with Crippen LogP contribution in [-0.4, -0.2) is 11.2 Å². The molecule has 2 aromatic rings. The lowest BCUT2D eigenvalue weighted by Gasteiger charge is -2.37. The summed E-state index contributed by atoms with van der Waals surface area (Å²) in [4.78, 5) is 12.7. The number of carbonyl (C=O) groups is 1. The lowest BCUT2D eigenvalue weighted by Crippen LogP contribution is -2.53. The molecule has 130 valence electrons. The summed E-state index contributed by atoms with van der Waals surface area (Å²) < 4.78 is 0.829. The van der Waals surface area contributed by atoms with E-state index in [1.807, 2.05) is 49.4 Å². The van der Waals surface area contributed by atoms with Crippen LogP contribution >= 0.6 is 15.9 Å². The first kappa shape index (κ1) is 17.9. The molecule has 0 spiro atoms. The standard InChI is InChI=1S/C21H22BrNO2/c1-14-6-5-7-16-12-18(21(2,3)4)23(19(14)16,20(24)25)13-15-8-10-17(22)11-9-15/h5-12H,13H2,1-4H3/p+1. The smallest absolute Gasteiger partial charge is 0.435 e. The number of amides is 1. The third-order valence-corrected chi connectivity index (χ3v) is 5.31. The van der Waals surface area contributed by atoms with E-state index < -0.39 is 6.09 Å². The zero-order valence-electron chi connectivity index (χ0n) is 15.0. The largest absolute Gasteiger partial charge is 0.524 e. The molecule has 4 heteroatoms. The fraction of sp³-hybridized carbons (Fsp3) is 0.286. The number of fused-ring (bicyclic) bond motifs is 1. The summed E-state index contributed by atoms with van der Waals surface area (Å²) in [7, 11) is 0. The normalized spacial score (nSPS) is 19.5. The molecule has 3 nitrogen and oxygen atoms in total. The minimum atomic E-state index is -0.836. The zero-order valence-corrected chi connectivity index (χ0v) is 16.6. The van der Waals surface area contributed by atoms with Crippen molar-refractivity contribution >= 4 is 33.8 Å². The van der Waals surface area contributed by atoms with E-state index in [2.05, 4.69) is 42.8 Å². The van der Waals surface area contributed by atoms with E-state index in [1.165, 1.54) is 0 Å². The molecule has 1 amide bonds. The van der Waals surface area contributed by atoms with Crippen LogP contribution in [0.25, 0.3) is 6.08 Å². The number of hydrogen-bond donors (Lipinski definition) is 1. The maximum Gasteiger partial charge on any atom is 0.524 e. The molecule has 1 atom stereocenters. The fourth-order valence-corrected chi connectivity index (χ4v) is 4.05. The second-order valence-electron chi connectivity index (χ2n) is 7.67. The summed E-state index contributed by atoms with van der Waals surface area (Å²) in [6, 6.07) is 13.9. The highest BCUT2D eigenvalue weighted by atomic mass is 79.9. The molecule has 1 unspecified atom stereocenters. The fourth-order valence-electron chi connectivity index (χ4n) is 3.78. The first-order chi connectivity index (χ1) is 11.7. The Kier molecular flexibility index (Phi) is 4.38. The van der Waals surface area contributed by atoms with Crippen LogP contribution in [-0.2, 0) is 6.54 Å². The predicted octanol–water partition coefficient (Wildman–Crippen LogP) is 6.34. The summed E-state index contributed by atoms with van der Waals surface area (Å²) >= 11 is 3.45. The molecule has 0 aliphatic carbocycles. The van der Waals surface area contributed by atoms with Crippen molar-refractivity contribution in [3.8, 4) is 0 Å². The van der Waals surface area contributed by atoms with E-state index in [4.69, 9.17) is 0 Å². The maximum atomic E-state index is 12.7. The quantitative estimate of drug-likeness (QED) is 0.596. The summed E-state index contributed by atoms with van der Waals surface area (Å²) in [6.07, 6.45) is 1.23. The van der Waals surface area contributed by atoms with Crippen molar-refractivity contribution in [2.75, 3.05) is 0 Å². The number of aryl methyl sites for hydroxylation is 1. The average molecular weight is 401 g/mol. The van der Waals surface area contributed by atoms with E-state index >= 15 is 0 Å². The molecular formula is C21H23BrNO2+. The van der Waals surface area contributed by atoms with E-state index in [1.54, 1.807) is 0 Å². The monoisotopic (exact) mass is 400 g/mol. The van der Waals surface area contributed by atoms with Gasteiger partial charge < -0.3 is 5.11 Å². The van der Waals surface area contributed by atoms with E-state index in [-0.39, 0.29) is 9.90 Å². The molecule has 1 heterocycles. The van der Waals surface area contributed by atoms with Crippen LogP contribution in [0.2, 0.25) is 0 Å². The molecule has 0 aromatic heterocycles. The van der Waals surface area contributed by atoms with E-state index in [0.29, 0.717) is 6.54 Å². The number of para-hydroxylation sites is 1. The van der Waals surface area contributed by atoms with Gasteiger partial charge in [-0.2, -0.15) is 9.28 Å². The van der Waals surface area contributed by atoms with Gasteiger partial charge in [0.1, 0.15) is 12.2 Å². The number of rotatable bonds is 2. The molecule has 0 bridgehead atoms. The Balaban J connectivity index is 2.26. The SMILES string of the molecule is Cc1cccc2c1[N+](Cc1ccc(Br)cc1)(C(=O)O)C(C(C)(C)C)=C2. The molecule has 25 heavy (non-hydrogen) atoms. The molecule has 0 fully saturated rings. The second-order valence-corrected chi connectivity index (χ2v) is 8.58. The number of quaternary nitrogens is 1. The lowest BCUT2D eigenvalue weighted by atomic mass is 9.89. The van der Waals surface area contributed by atoms with Gasteiger partial charge in [0.05, 0.1) is 0 Å². The molecule has 1 aliphatic rings. The first-order valence-corrected chi connectivity index (χ1v) is 9.14. The third-order valence-electron chi connectivity index (χ3n) is 4.78. The zero-order chi connectivity index (χ0) is 18.4. The van der Waals surface area contributed by atoms with Crippen LogP contribution in [0, 0.1) is 12.3 Å². The van der Waals surface area contributed by atoms with E-state index in [0.717, 1.165) is 32.5 Å². The van der Waals surface area contributed by atoms with Gasteiger partial charge in [0.25, 0.3) is 0 Å². The highest BCUT2D eigenvalue weighted by Gasteiger charge is 2.53. The summed E-state index contributed by atoms with van der Waals surface area (Å²) in [5.41, 5.74) is 4.53. The van der Waals surface area contributed by atoms with Crippen molar-refractivity contribution in [1.82, 2.24) is 4.48 Å². The molecule has 2 aromatic carbocycles. The van der Waals surface area contributed by atoms with E-state index in [9.17, 15) is 9.90 Å². The van der Waals surface area contributed by atoms with Gasteiger partial charge in [0, 0.05) is 32.7 Å². The Morgan fingerprint density at radius 2 is 1.76 bits per heavy atom. The lowest BCUT2D eigenvalue weighted by molar-refractivity contribution is 0.148. The van der Waals surface area contributed by atoms with Gasteiger partial charge >= 0.3 is 6.09 Å². The van der Waals surface area contributed by atoms with Gasteiger partial charge in [-0.15, -0.1) is 0 Å². The molecule has 0 radical (unpaired) electrons. The van der Waals surface area contributed by atoms with Crippen molar-refractivity contribution in [2.45, 2.75) is 34.2 Å². The van der Waals surface area contributed by atoms with Crippen LogP contribution in [0.4, 0.5) is 10.5 Å². The topological polar surface area (TPSA) is 37.3 Å². The maximum absolute atomic E-state index is 12.7. The number of hydrogen-bond acceptors (Lipinski definition) is 1. The number of carboxylic acid groups (broad SMARTS) is 1. The predicted molar refractivity (Wildman–Crippen MR) is 106 cm³/mol. The van der Waals surface area contributed by atoms with Gasteiger partial charge in [-0.05, 0) is 25.1 Å². The van der Waals surface area contributed by atoms with Crippen LogP contribution < -0.4 is 4.48 Å². The highest BCUT2D eigenvalue weighted by Crippen LogP contribution is 2.50. The summed E-state index contributed by atoms with van der Waals surface area (Å²) in [5.74, 6) is 0. The minimum Gasteiger partial charge on any atom is -0.435 e. The van der Waals surface area contributed by atoms with Crippen LogP contribution in [0.1, 0.15) is 37.5 Å². The summed E-state index contributed by atoms with van der Waals surface area (Å²) in [6.45, 7) is 8.63. The average Bonchev–Trinajstić information content (AvgIpc) is 2.87. The van der Waals surface area contributed by atoms with Gasteiger partial charge in [0.15, 0.2) is 5.69 Å². The molecule has 0 saturated carbocycles. The number of benzene rings is 2. The van der Waals surface area contributed by atoms with Crippen molar-refractivity contribution in [3.05, 3.63) is 69.3 Å². The second kappa shape index (κ2) is 6.11. The highest BCUT2D eigenvalue weighted by molar-refractivity contribution is 9.10. The summed E-state index contributed by atoms with van der Waals surface area (Å²) in [5, 5.41) is 10.4. The number of allylic oxidation sites excluding steroid dienone is 1. The van der Waals surface area contributed by atoms with Crippen LogP contribution in [0.3, 0.4) is 0 Å². The molecular weight excluding hydrogens is 378 g/mol. The minimum absolute atomic E-state index is 0.160. The Labute approximate surface area is 157 Å². The van der Waals surface area contributed by atoms with Gasteiger partial charge in [-0.1, -0.05) is 61.0 Å². The molecule has 1 aliphatic heterocycles. The van der Waals surface area contributed by atoms with Crippen molar-refractivity contribution in [1.29, 1.82) is 0 Å². The Morgan fingerprint density at radius 3 is 2.32 bits per heavy atom. The van der Waals surface area contributed by atoms with Crippen LogP contribution in [0.5, 0.6) is 0 Å². The van der Waals surface area contributed by atoms with Crippen molar-refractivity contribution in [2.24, 2.45) is 5.41 Å². The van der Waals surface area contributed by atoms with Gasteiger partial charge in [-0.3, -0.25) is 0 Å². The van der Waals surface area contributed by atoms with Crippen molar-refractivity contribution in [3.63, 3.8) is 0 Å². The Morgan fingerprint density at radius 1 is 1.12 bits per heavy atom. The number of nitrogens with zero attached hydrogens (tertiary/aromatic N) is 1. The van der Waals surface area contributed by atoms with Crippen molar-refractivity contribution < 1.29 is 9.90 Å². The third kappa shape index (κ3) is 2.94. The molecule has 3 rings (SSSR count). The Hall–Kier alpha value is -1.91. The number of halogens is 1. The van der Waals surface area contributed by atoms with Gasteiger partial charge in [-0.25, -0.2) is 0 Å². The molecule has 0 saturated heterocycles.